The number of carbonyl (C=O) groups is 3. The zero-order chi connectivity index (χ0) is 28.0. The molecule has 6 rings (SSSR count). The van der Waals surface area contributed by atoms with Crippen LogP contribution in [0, 0.1) is 11.6 Å². The van der Waals surface area contributed by atoms with Crippen molar-refractivity contribution in [2.24, 2.45) is 0 Å². The van der Waals surface area contributed by atoms with Gasteiger partial charge < -0.3 is 25.0 Å². The van der Waals surface area contributed by atoms with Gasteiger partial charge in [-0.05, 0) is 24.5 Å². The number of ketones is 1. The van der Waals surface area contributed by atoms with Crippen molar-refractivity contribution in [3.63, 3.8) is 0 Å². The Morgan fingerprint density at radius 2 is 1.90 bits per heavy atom. The van der Waals surface area contributed by atoms with Crippen molar-refractivity contribution >= 4 is 17.6 Å². The summed E-state index contributed by atoms with van der Waals surface area (Å²) in [4.78, 5) is 44.2. The van der Waals surface area contributed by atoms with Crippen LogP contribution in [0.5, 0.6) is 0 Å². The molecule has 1 saturated carbocycles. The van der Waals surface area contributed by atoms with Crippen molar-refractivity contribution in [3.8, 4) is 0 Å². The molecule has 1 aliphatic carbocycles. The number of rotatable bonds is 6. The summed E-state index contributed by atoms with van der Waals surface area (Å²) in [5, 5.41) is 17.8. The van der Waals surface area contributed by atoms with Crippen molar-refractivity contribution in [2.45, 2.75) is 68.9 Å². The number of hydrogen-bond acceptors (Lipinski definition) is 7. The Morgan fingerprint density at radius 1 is 1.12 bits per heavy atom. The van der Waals surface area contributed by atoms with Gasteiger partial charge in [0.05, 0.1) is 13.2 Å². The Balaban J connectivity index is 1.31. The van der Waals surface area contributed by atoms with E-state index in [1.807, 2.05) is 6.07 Å². The summed E-state index contributed by atoms with van der Waals surface area (Å²) in [6.45, 7) is -0.260. The van der Waals surface area contributed by atoms with Gasteiger partial charge in [-0.25, -0.2) is 8.78 Å². The van der Waals surface area contributed by atoms with Gasteiger partial charge in [-0.15, -0.1) is 0 Å². The van der Waals surface area contributed by atoms with E-state index in [0.717, 1.165) is 31.7 Å². The van der Waals surface area contributed by atoms with Gasteiger partial charge >= 0.3 is 0 Å². The third-order valence-corrected chi connectivity index (χ3v) is 8.27. The van der Waals surface area contributed by atoms with Crippen molar-refractivity contribution in [1.82, 2.24) is 20.4 Å². The van der Waals surface area contributed by atoms with E-state index in [0.29, 0.717) is 11.6 Å². The van der Waals surface area contributed by atoms with E-state index in [9.17, 15) is 28.3 Å². The highest BCUT2D eigenvalue weighted by molar-refractivity contribution is 6.23. The number of nitrogens with zero attached hydrogens (tertiary/aromatic N) is 2. The number of piperazine rings is 1. The van der Waals surface area contributed by atoms with Gasteiger partial charge in [-0.3, -0.25) is 19.7 Å². The number of hydrogen-bond donors (Lipinski definition) is 3. The summed E-state index contributed by atoms with van der Waals surface area (Å²) in [6, 6.07) is 10.5. The molecule has 3 N–H and O–H groups in total. The number of fused-ring (bicyclic) bond motifs is 4. The lowest BCUT2D eigenvalue weighted by molar-refractivity contribution is -0.240. The van der Waals surface area contributed by atoms with Gasteiger partial charge in [0, 0.05) is 36.5 Å². The van der Waals surface area contributed by atoms with Gasteiger partial charge in [0.2, 0.25) is 5.78 Å². The average Bonchev–Trinajstić information content (AvgIpc) is 3.32. The molecule has 4 aliphatic rings. The third-order valence-electron chi connectivity index (χ3n) is 8.27. The lowest BCUT2D eigenvalue weighted by Crippen LogP contribution is -2.73. The molecule has 0 radical (unpaired) electrons. The predicted octanol–water partition coefficient (Wildman–Crippen LogP) is 1.71. The largest absolute Gasteiger partial charge is 0.357 e. The zero-order valence-electron chi connectivity index (χ0n) is 21.7. The number of ether oxygens (including phenoxy) is 1. The van der Waals surface area contributed by atoms with Crippen LogP contribution in [0.1, 0.15) is 36.8 Å². The van der Waals surface area contributed by atoms with Crippen LogP contribution in [-0.2, 0) is 32.3 Å². The van der Waals surface area contributed by atoms with E-state index in [1.54, 1.807) is 29.2 Å². The summed E-state index contributed by atoms with van der Waals surface area (Å²) in [5.41, 5.74) is 0.263. The van der Waals surface area contributed by atoms with Gasteiger partial charge in [-0.2, -0.15) is 0 Å². The maximum atomic E-state index is 14.1. The number of halogens is 2. The normalized spacial score (nSPS) is 29.4. The summed E-state index contributed by atoms with van der Waals surface area (Å²) in [6.07, 6.45) is 4.72. The monoisotopic (exact) mass is 552 g/mol. The molecule has 9 nitrogen and oxygen atoms in total. The highest BCUT2D eigenvalue weighted by Gasteiger charge is 2.62. The summed E-state index contributed by atoms with van der Waals surface area (Å²) in [7, 11) is 0. The van der Waals surface area contributed by atoms with Gasteiger partial charge in [0.25, 0.3) is 17.6 Å². The molecule has 2 aromatic rings. The van der Waals surface area contributed by atoms with Crippen LogP contribution in [0.3, 0.4) is 0 Å². The second-order valence-corrected chi connectivity index (χ2v) is 10.7. The van der Waals surface area contributed by atoms with Gasteiger partial charge in [-0.1, -0.05) is 49.2 Å². The Hall–Kier alpha value is -3.67. The smallest absolute Gasteiger partial charge is 0.262 e. The minimum atomic E-state index is -2.65. The Kier molecular flexibility index (Phi) is 6.89. The highest BCUT2D eigenvalue weighted by Crippen LogP contribution is 2.39. The molecule has 0 spiro atoms. The molecule has 0 bridgehead atoms. The first-order valence-electron chi connectivity index (χ1n) is 13.5. The van der Waals surface area contributed by atoms with Gasteiger partial charge in [0.15, 0.2) is 6.04 Å². The third kappa shape index (κ3) is 4.57. The van der Waals surface area contributed by atoms with Crippen LogP contribution in [0.15, 0.2) is 60.3 Å². The number of Topliss-reactive ketones (excluding diaryl/α,β-unsaturated/α-hetero) is 1. The van der Waals surface area contributed by atoms with E-state index in [-0.39, 0.29) is 43.5 Å². The van der Waals surface area contributed by atoms with E-state index >= 15 is 0 Å². The summed E-state index contributed by atoms with van der Waals surface area (Å²) >= 11 is 0. The molecule has 3 fully saturated rings. The molecule has 3 heterocycles. The number of aliphatic hydroxyl groups is 1. The minimum absolute atomic E-state index is 0.0219. The first-order chi connectivity index (χ1) is 19.3. The van der Waals surface area contributed by atoms with E-state index in [4.69, 9.17) is 4.74 Å². The predicted molar refractivity (Wildman–Crippen MR) is 138 cm³/mol. The van der Waals surface area contributed by atoms with Crippen LogP contribution in [-0.4, -0.2) is 69.1 Å². The Labute approximate surface area is 229 Å². The molecule has 2 unspecified atom stereocenters. The lowest BCUT2D eigenvalue weighted by Gasteiger charge is -2.50. The summed E-state index contributed by atoms with van der Waals surface area (Å²) in [5.74, 6) is -6.62. The van der Waals surface area contributed by atoms with Crippen LogP contribution in [0.25, 0.3) is 0 Å². The Morgan fingerprint density at radius 3 is 2.67 bits per heavy atom. The fraction of sp³-hybridized carbons (Fsp3) is 0.414. The first kappa shape index (κ1) is 26.5. The molecule has 3 aliphatic heterocycles. The van der Waals surface area contributed by atoms with E-state index in [1.165, 1.54) is 17.2 Å². The molecule has 40 heavy (non-hydrogen) atoms. The maximum absolute atomic E-state index is 14.1. The summed E-state index contributed by atoms with van der Waals surface area (Å²) < 4.78 is 33.3. The fourth-order valence-corrected chi connectivity index (χ4v) is 6.31. The lowest BCUT2D eigenvalue weighted by atomic mass is 9.86. The molecule has 0 aromatic heterocycles. The molecular weight excluding hydrogens is 522 g/mol. The van der Waals surface area contributed by atoms with Crippen molar-refractivity contribution in [3.05, 3.63) is 83.1 Å². The molecule has 2 aromatic carbocycles. The fourth-order valence-electron chi connectivity index (χ4n) is 6.31. The number of benzene rings is 2. The van der Waals surface area contributed by atoms with E-state index in [2.05, 4.69) is 10.6 Å². The number of amides is 2. The zero-order valence-corrected chi connectivity index (χ0v) is 21.7. The second kappa shape index (κ2) is 10.4. The quantitative estimate of drug-likeness (QED) is 0.370. The van der Waals surface area contributed by atoms with Crippen LogP contribution >= 0.6 is 0 Å². The molecule has 5 atom stereocenters. The molecule has 11 heteroatoms. The van der Waals surface area contributed by atoms with Crippen molar-refractivity contribution < 1.29 is 33.0 Å². The Bertz CT molecular complexity index is 1370. The molecule has 2 amide bonds. The topological polar surface area (TPSA) is 111 Å². The number of carbonyl (C=O) groups excluding carboxylic acids is 3. The maximum Gasteiger partial charge on any atom is 0.262 e. The van der Waals surface area contributed by atoms with Gasteiger partial charge in [0.1, 0.15) is 23.4 Å². The average molecular weight is 553 g/mol. The minimum Gasteiger partial charge on any atom is -0.357 e. The van der Waals surface area contributed by atoms with Crippen LogP contribution < -0.4 is 10.6 Å². The van der Waals surface area contributed by atoms with Crippen LogP contribution in [0.4, 0.5) is 8.78 Å². The number of nitrogens with one attached hydrogen (secondary N) is 2. The van der Waals surface area contributed by atoms with E-state index < -0.39 is 46.6 Å². The molecular formula is C29H30F2N4O5. The van der Waals surface area contributed by atoms with Crippen molar-refractivity contribution in [2.75, 3.05) is 6.54 Å². The first-order valence-corrected chi connectivity index (χ1v) is 13.5. The second-order valence-electron chi connectivity index (χ2n) is 10.7. The van der Waals surface area contributed by atoms with Crippen molar-refractivity contribution in [1.29, 1.82) is 0 Å². The SMILES string of the molecule is O=C(NCc1ccc(F)cc1F)C1=CN2C[C@@H]3N[C@H]4CCCC[C@@H]4N3C(=O)C2C(O)(OCc2ccccc2)C1=O. The standard InChI is InChI=1S/C29H30F2N4O5/c30-19-11-10-18(21(31)12-19)13-32-27(37)20-14-34-15-24-33-22-8-4-5-9-23(22)35(24)28(38)25(34)29(39,26(20)36)40-16-17-6-2-1-3-7-17/h1-3,6-7,10-12,14,22-25,33,39H,4-5,8-9,13,15-16H2,(H,32,37)/t22-,23-,24+,25?,29?/m0/s1. The highest BCUT2D eigenvalue weighted by atomic mass is 19.1. The molecule has 210 valence electrons. The van der Waals surface area contributed by atoms with Crippen LogP contribution in [0.2, 0.25) is 0 Å². The molecule has 2 saturated heterocycles.